The van der Waals surface area contributed by atoms with Crippen molar-refractivity contribution in [1.82, 2.24) is 14.9 Å². The van der Waals surface area contributed by atoms with Gasteiger partial charge in [0, 0.05) is 31.6 Å². The van der Waals surface area contributed by atoms with Crippen molar-refractivity contribution in [1.29, 1.82) is 0 Å². The van der Waals surface area contributed by atoms with Crippen LogP contribution >= 0.6 is 7.82 Å². The Morgan fingerprint density at radius 3 is 2.42 bits per heavy atom. The van der Waals surface area contributed by atoms with Crippen LogP contribution in [0.3, 0.4) is 0 Å². The van der Waals surface area contributed by atoms with E-state index >= 15 is 0 Å². The fourth-order valence-corrected chi connectivity index (χ4v) is 4.88. The first-order valence-corrected chi connectivity index (χ1v) is 13.4. The second-order valence-electron chi connectivity index (χ2n) is 9.44. The van der Waals surface area contributed by atoms with Crippen LogP contribution in [0.1, 0.15) is 25.8 Å². The average molecular weight is 515 g/mol. The summed E-state index contributed by atoms with van der Waals surface area (Å²) in [5.74, 6) is 0.801. The van der Waals surface area contributed by atoms with Crippen LogP contribution in [0, 0.1) is 12.8 Å². The summed E-state index contributed by atoms with van der Waals surface area (Å²) in [4.78, 5) is 44.8. The molecule has 1 amide bonds. The summed E-state index contributed by atoms with van der Waals surface area (Å²) in [6, 6.07) is 12.8. The molecule has 1 saturated heterocycles. The monoisotopic (exact) mass is 514 g/mol. The molecular weight excluding hydrogens is 483 g/mol. The van der Waals surface area contributed by atoms with E-state index in [-0.39, 0.29) is 18.1 Å². The number of nitrogens with zero attached hydrogens (tertiary/aromatic N) is 4. The lowest BCUT2D eigenvalue weighted by Gasteiger charge is -2.37. The molecule has 11 heteroatoms. The van der Waals surface area contributed by atoms with E-state index in [4.69, 9.17) is 14.5 Å². The quantitative estimate of drug-likeness (QED) is 0.405. The van der Waals surface area contributed by atoms with E-state index in [9.17, 15) is 24.3 Å². The molecule has 2 aromatic carbocycles. The van der Waals surface area contributed by atoms with E-state index in [0.717, 1.165) is 16.5 Å². The third kappa shape index (κ3) is 6.02. The molecule has 0 bridgehead atoms. The first-order chi connectivity index (χ1) is 17.0. The molecular formula is C25H31N4O6P. The van der Waals surface area contributed by atoms with Crippen molar-refractivity contribution in [3.63, 3.8) is 0 Å². The van der Waals surface area contributed by atoms with Crippen LogP contribution in [0.25, 0.3) is 22.3 Å². The molecule has 1 atom stereocenters. The lowest BCUT2D eigenvalue weighted by molar-refractivity contribution is -0.140. The van der Waals surface area contributed by atoms with Gasteiger partial charge >= 0.3 is 7.82 Å². The summed E-state index contributed by atoms with van der Waals surface area (Å²) in [7, 11) is -4.81. The number of phosphoric acid groups is 1. The summed E-state index contributed by atoms with van der Waals surface area (Å²) >= 11 is 0. The summed E-state index contributed by atoms with van der Waals surface area (Å²) in [5, 5.41) is 11.2. The number of fused-ring (bicyclic) bond motifs is 1. The van der Waals surface area contributed by atoms with Crippen LogP contribution in [-0.2, 0) is 13.9 Å². The van der Waals surface area contributed by atoms with Crippen LogP contribution in [-0.4, -0.2) is 68.0 Å². The number of carbonyl (C=O) groups excluding carboxylic acids is 1. The Labute approximate surface area is 209 Å². The minimum absolute atomic E-state index is 0.0236. The SMILES string of the molecule is Cc1ccc2c(N3CCN(C(=O)[C@@H](CC(C)C)OP(=O)(O)O)CC3)nc(-c3ccccc3O)nc2c1. The highest BCUT2D eigenvalue weighted by atomic mass is 31.2. The molecule has 3 N–H and O–H groups in total. The standard InChI is InChI=1S/C25H31N4O6P/c1-16(2)14-22(35-36(32,33)34)25(31)29-12-10-28(11-13-29)24-18-9-8-17(3)15-20(18)26-23(27-24)19-6-4-5-7-21(19)30/h4-9,15-16,22,30H,10-14H2,1-3H3,(H2,32,33,34)/t22-/m1/s1. The molecule has 0 spiro atoms. The molecule has 36 heavy (non-hydrogen) atoms. The highest BCUT2D eigenvalue weighted by molar-refractivity contribution is 7.46. The number of phenols is 1. The van der Waals surface area contributed by atoms with Crippen molar-refractivity contribution in [2.75, 3.05) is 31.1 Å². The molecule has 1 aromatic heterocycles. The number of phenolic OH excluding ortho intramolecular Hbond substituents is 1. The summed E-state index contributed by atoms with van der Waals surface area (Å²) in [6.07, 6.45) is -0.989. The highest BCUT2D eigenvalue weighted by Crippen LogP contribution is 2.39. The normalized spacial score (nSPS) is 15.5. The number of para-hydroxylation sites is 1. The van der Waals surface area contributed by atoms with Gasteiger partial charge in [-0.25, -0.2) is 14.5 Å². The Kier molecular flexibility index (Phi) is 7.61. The lowest BCUT2D eigenvalue weighted by atomic mass is 10.0. The molecule has 1 aliphatic rings. The predicted molar refractivity (Wildman–Crippen MR) is 137 cm³/mol. The van der Waals surface area contributed by atoms with Crippen LogP contribution in [0.15, 0.2) is 42.5 Å². The van der Waals surface area contributed by atoms with Crippen LogP contribution < -0.4 is 4.90 Å². The van der Waals surface area contributed by atoms with Crippen molar-refractivity contribution >= 4 is 30.5 Å². The molecule has 10 nitrogen and oxygen atoms in total. The van der Waals surface area contributed by atoms with Crippen molar-refractivity contribution in [2.24, 2.45) is 5.92 Å². The summed E-state index contributed by atoms with van der Waals surface area (Å²) < 4.78 is 16.3. The summed E-state index contributed by atoms with van der Waals surface area (Å²) in [5.41, 5.74) is 2.33. The van der Waals surface area contributed by atoms with Gasteiger partial charge in [0.25, 0.3) is 5.91 Å². The number of hydrogen-bond donors (Lipinski definition) is 3. The van der Waals surface area contributed by atoms with Crippen LogP contribution in [0.2, 0.25) is 0 Å². The highest BCUT2D eigenvalue weighted by Gasteiger charge is 2.34. The van der Waals surface area contributed by atoms with Crippen molar-refractivity contribution in [3.05, 3.63) is 48.0 Å². The Hall–Kier alpha value is -3.04. The maximum atomic E-state index is 13.1. The van der Waals surface area contributed by atoms with Gasteiger partial charge in [0.2, 0.25) is 0 Å². The Balaban J connectivity index is 1.60. The number of aromatic nitrogens is 2. The first-order valence-electron chi connectivity index (χ1n) is 11.9. The van der Waals surface area contributed by atoms with Crippen LogP contribution in [0.4, 0.5) is 5.82 Å². The summed E-state index contributed by atoms with van der Waals surface area (Å²) in [6.45, 7) is 7.35. The second-order valence-corrected chi connectivity index (χ2v) is 10.6. The second kappa shape index (κ2) is 10.5. The molecule has 0 saturated carbocycles. The largest absolute Gasteiger partial charge is 0.507 e. The van der Waals surface area contributed by atoms with E-state index in [2.05, 4.69) is 4.90 Å². The predicted octanol–water partition coefficient (Wildman–Crippen LogP) is 3.48. The van der Waals surface area contributed by atoms with Crippen LogP contribution in [0.5, 0.6) is 5.75 Å². The van der Waals surface area contributed by atoms with E-state index in [0.29, 0.717) is 43.4 Å². The Bertz CT molecular complexity index is 1300. The van der Waals surface area contributed by atoms with E-state index in [1.165, 1.54) is 0 Å². The first kappa shape index (κ1) is 26.0. The van der Waals surface area contributed by atoms with E-state index in [1.54, 1.807) is 23.1 Å². The molecule has 1 aliphatic heterocycles. The topological polar surface area (TPSA) is 136 Å². The number of amides is 1. The zero-order valence-electron chi connectivity index (χ0n) is 20.5. The number of piperazine rings is 1. The molecule has 0 aliphatic carbocycles. The van der Waals surface area contributed by atoms with Gasteiger partial charge in [0.15, 0.2) is 5.82 Å². The van der Waals surface area contributed by atoms with Gasteiger partial charge in [-0.05, 0) is 49.1 Å². The number of aryl methyl sites for hydroxylation is 1. The third-order valence-corrected chi connectivity index (χ3v) is 6.62. The van der Waals surface area contributed by atoms with E-state index < -0.39 is 19.8 Å². The average Bonchev–Trinajstić information content (AvgIpc) is 2.81. The maximum absolute atomic E-state index is 13.1. The van der Waals surface area contributed by atoms with Gasteiger partial charge in [-0.3, -0.25) is 9.32 Å². The number of aromatic hydroxyl groups is 1. The number of hydrogen-bond acceptors (Lipinski definition) is 7. The van der Waals surface area contributed by atoms with Crippen molar-refractivity contribution in [3.8, 4) is 17.1 Å². The van der Waals surface area contributed by atoms with Gasteiger partial charge < -0.3 is 24.7 Å². The molecule has 4 rings (SSSR count). The lowest BCUT2D eigenvalue weighted by Crippen LogP contribution is -2.52. The number of rotatable bonds is 7. The molecule has 1 fully saturated rings. The van der Waals surface area contributed by atoms with Gasteiger partial charge in [0.05, 0.1) is 11.1 Å². The Morgan fingerprint density at radius 2 is 1.78 bits per heavy atom. The molecule has 0 radical (unpaired) electrons. The third-order valence-electron chi connectivity index (χ3n) is 6.09. The van der Waals surface area contributed by atoms with Gasteiger partial charge in [-0.15, -0.1) is 0 Å². The smallest absolute Gasteiger partial charge is 0.470 e. The number of anilines is 1. The zero-order valence-corrected chi connectivity index (χ0v) is 21.4. The number of benzene rings is 2. The molecule has 192 valence electrons. The number of phosphoric ester groups is 1. The van der Waals surface area contributed by atoms with Gasteiger partial charge in [0.1, 0.15) is 17.7 Å². The fraction of sp³-hybridized carbons (Fsp3) is 0.400. The Morgan fingerprint density at radius 1 is 1.08 bits per heavy atom. The molecule has 2 heterocycles. The molecule has 0 unspecified atom stereocenters. The minimum atomic E-state index is -4.81. The maximum Gasteiger partial charge on any atom is 0.470 e. The molecule has 3 aromatic rings. The van der Waals surface area contributed by atoms with Crippen molar-refractivity contribution < 1.29 is 28.8 Å². The van der Waals surface area contributed by atoms with Crippen molar-refractivity contribution in [2.45, 2.75) is 33.3 Å². The van der Waals surface area contributed by atoms with Gasteiger partial charge in [-0.2, -0.15) is 0 Å². The van der Waals surface area contributed by atoms with Gasteiger partial charge in [-0.1, -0.05) is 32.0 Å². The zero-order chi connectivity index (χ0) is 26.0. The van der Waals surface area contributed by atoms with E-state index in [1.807, 2.05) is 45.0 Å². The number of carbonyl (C=O) groups is 1. The fourth-order valence-electron chi connectivity index (χ4n) is 4.37. The minimum Gasteiger partial charge on any atom is -0.507 e.